The van der Waals surface area contributed by atoms with Crippen LogP contribution in [-0.4, -0.2) is 40.8 Å². The molecule has 0 amide bonds. The van der Waals surface area contributed by atoms with E-state index in [2.05, 4.69) is 47.3 Å². The Labute approximate surface area is 222 Å². The average Bonchev–Trinajstić information content (AvgIpc) is 2.92. The van der Waals surface area contributed by atoms with Gasteiger partial charge in [-0.05, 0) is 80.0 Å². The number of ether oxygens (including phenoxy) is 3. The van der Waals surface area contributed by atoms with Crippen molar-refractivity contribution < 1.29 is 23.3 Å². The molecule has 0 unspecified atom stereocenters. The van der Waals surface area contributed by atoms with Crippen LogP contribution in [0.15, 0.2) is 42.5 Å². The molecule has 3 rings (SSSR count). The van der Waals surface area contributed by atoms with Crippen molar-refractivity contribution in [2.45, 2.75) is 64.2 Å². The number of methoxy groups -OCH3 is 2. The minimum absolute atomic E-state index is 0.585. The van der Waals surface area contributed by atoms with Crippen molar-refractivity contribution in [3.8, 4) is 17.2 Å². The van der Waals surface area contributed by atoms with Crippen molar-refractivity contribution in [3.63, 3.8) is 0 Å². The predicted octanol–water partition coefficient (Wildman–Crippen LogP) is 7.18. The van der Waals surface area contributed by atoms with Crippen LogP contribution in [0.3, 0.4) is 0 Å². The molecule has 0 aromatic heterocycles. The molecule has 0 atom stereocenters. The molecule has 1 aliphatic rings. The summed E-state index contributed by atoms with van der Waals surface area (Å²) >= 11 is 4.50. The van der Waals surface area contributed by atoms with E-state index in [0.29, 0.717) is 23.7 Å². The van der Waals surface area contributed by atoms with Gasteiger partial charge in [-0.25, -0.2) is 0 Å². The van der Waals surface area contributed by atoms with Crippen LogP contribution in [0.4, 0.5) is 0 Å². The van der Waals surface area contributed by atoms with Gasteiger partial charge in [0.2, 0.25) is 0 Å². The Morgan fingerprint density at radius 2 is 1.53 bits per heavy atom. The summed E-state index contributed by atoms with van der Waals surface area (Å²) in [5.74, 6) is 3.96. The summed E-state index contributed by atoms with van der Waals surface area (Å²) < 4.78 is 19.7. The van der Waals surface area contributed by atoms with E-state index in [1.54, 1.807) is 32.4 Å². The minimum Gasteiger partial charge on any atom is -0.497 e. The molecule has 36 heavy (non-hydrogen) atoms. The summed E-state index contributed by atoms with van der Waals surface area (Å²) in [5.41, 5.74) is 7.50. The normalized spacial score (nSPS) is 16.5. The highest BCUT2D eigenvalue weighted by molar-refractivity contribution is 6.07. The van der Waals surface area contributed by atoms with Crippen molar-refractivity contribution >= 4 is 18.2 Å². The van der Waals surface area contributed by atoms with Gasteiger partial charge in [-0.2, -0.15) is 0 Å². The van der Waals surface area contributed by atoms with Crippen LogP contribution in [0.5, 0.6) is 17.2 Å². The summed E-state index contributed by atoms with van der Waals surface area (Å²) in [4.78, 5) is 10.6. The molecule has 1 fully saturated rings. The van der Waals surface area contributed by atoms with E-state index >= 15 is 0 Å². The molecule has 0 radical (unpaired) electrons. The predicted molar refractivity (Wildman–Crippen MR) is 148 cm³/mol. The number of halogens is 1. The maximum atomic E-state index is 10.6. The van der Waals surface area contributed by atoms with Crippen LogP contribution in [0.1, 0.15) is 80.1 Å². The zero-order chi connectivity index (χ0) is 26.6. The summed E-state index contributed by atoms with van der Waals surface area (Å²) in [6, 6.07) is 13.8. The fourth-order valence-corrected chi connectivity index (χ4v) is 4.13. The van der Waals surface area contributed by atoms with Crippen LogP contribution >= 0.6 is 11.9 Å². The topological polar surface area (TPSA) is 80.0 Å². The van der Waals surface area contributed by atoms with Crippen molar-refractivity contribution in [2.75, 3.05) is 34.5 Å². The maximum absolute atomic E-state index is 10.6. The van der Waals surface area contributed by atoms with Gasteiger partial charge < -0.3 is 19.9 Å². The Bertz CT molecular complexity index is 823. The SMILES string of the molecule is COCl.COc1cc(C=O)ccc1OCCCCCCN.COc1ccc(C2CCC(C)CC2)cc1. The number of rotatable bonds is 11. The molecule has 0 spiro atoms. The number of hydrogen-bond donors (Lipinski definition) is 1. The van der Waals surface area contributed by atoms with Gasteiger partial charge in [0, 0.05) is 5.56 Å². The minimum atomic E-state index is 0.585. The lowest BCUT2D eigenvalue weighted by Gasteiger charge is -2.26. The number of carbonyl (C=O) groups is 1. The van der Waals surface area contributed by atoms with Crippen molar-refractivity contribution in [1.29, 1.82) is 0 Å². The number of hydrogen-bond acceptors (Lipinski definition) is 6. The molecule has 0 heterocycles. The Morgan fingerprint density at radius 3 is 2.08 bits per heavy atom. The van der Waals surface area contributed by atoms with Gasteiger partial charge in [0.05, 0.1) is 39.8 Å². The van der Waals surface area contributed by atoms with Gasteiger partial charge in [0.15, 0.2) is 11.5 Å². The summed E-state index contributed by atoms with van der Waals surface area (Å²) in [6.07, 6.45) is 10.6. The molecule has 202 valence electrons. The lowest BCUT2D eigenvalue weighted by molar-refractivity contribution is 0.112. The molecule has 1 aliphatic carbocycles. The average molecular weight is 522 g/mol. The van der Waals surface area contributed by atoms with Crippen LogP contribution in [0, 0.1) is 5.92 Å². The van der Waals surface area contributed by atoms with Gasteiger partial charge in [-0.1, -0.05) is 44.7 Å². The van der Waals surface area contributed by atoms with E-state index < -0.39 is 0 Å². The molecule has 2 aromatic carbocycles. The second kappa shape index (κ2) is 19.9. The third-order valence-corrected chi connectivity index (χ3v) is 6.28. The highest BCUT2D eigenvalue weighted by atomic mass is 35.5. The van der Waals surface area contributed by atoms with Gasteiger partial charge in [-0.3, -0.25) is 9.08 Å². The zero-order valence-electron chi connectivity index (χ0n) is 22.3. The van der Waals surface area contributed by atoms with E-state index in [0.717, 1.165) is 56.1 Å². The number of unbranched alkanes of at least 4 members (excludes halogenated alkanes) is 3. The summed E-state index contributed by atoms with van der Waals surface area (Å²) in [6.45, 7) is 3.77. The molecular formula is C29H44ClNO5. The third-order valence-electron chi connectivity index (χ3n) is 6.28. The van der Waals surface area contributed by atoms with E-state index in [1.807, 2.05) is 0 Å². The first-order valence-electron chi connectivity index (χ1n) is 12.8. The van der Waals surface area contributed by atoms with Crippen LogP contribution in [0.2, 0.25) is 0 Å². The highest BCUT2D eigenvalue weighted by Crippen LogP contribution is 2.35. The van der Waals surface area contributed by atoms with Crippen molar-refractivity contribution in [1.82, 2.24) is 0 Å². The molecule has 2 N–H and O–H groups in total. The van der Waals surface area contributed by atoms with E-state index in [1.165, 1.54) is 38.4 Å². The summed E-state index contributed by atoms with van der Waals surface area (Å²) in [7, 11) is 4.68. The standard InChI is InChI=1S/C14H21NO3.C14H20O.CH3ClO/c1-17-14-10-12(11-16)6-7-13(14)18-9-5-3-2-4-8-15;1-11-3-5-12(6-4-11)13-7-9-14(15-2)10-8-13;1-3-2/h6-7,10-11H,2-5,8-9,15H2,1H3;7-12H,3-6H2,1-2H3;1H3. The maximum Gasteiger partial charge on any atom is 0.161 e. The first kappa shape index (κ1) is 31.7. The molecule has 7 heteroatoms. The first-order valence-corrected chi connectivity index (χ1v) is 13.1. The lowest BCUT2D eigenvalue weighted by atomic mass is 9.79. The Hall–Kier alpha value is -2.28. The zero-order valence-corrected chi connectivity index (χ0v) is 23.1. The molecule has 0 saturated heterocycles. The van der Waals surface area contributed by atoms with Crippen LogP contribution in [-0.2, 0) is 4.29 Å². The van der Waals surface area contributed by atoms with Gasteiger partial charge in [0.1, 0.15) is 12.0 Å². The first-order chi connectivity index (χ1) is 17.5. The lowest BCUT2D eigenvalue weighted by Crippen LogP contribution is -2.10. The second-order valence-electron chi connectivity index (χ2n) is 8.96. The largest absolute Gasteiger partial charge is 0.497 e. The van der Waals surface area contributed by atoms with Crippen LogP contribution < -0.4 is 19.9 Å². The Kier molecular flexibility index (Phi) is 17.5. The number of carbonyl (C=O) groups excluding carboxylic acids is 1. The quantitative estimate of drug-likeness (QED) is 0.249. The van der Waals surface area contributed by atoms with E-state index in [9.17, 15) is 4.79 Å². The fraction of sp³-hybridized carbons (Fsp3) is 0.552. The third kappa shape index (κ3) is 12.6. The number of aldehydes is 1. The smallest absolute Gasteiger partial charge is 0.161 e. The molecular weight excluding hydrogens is 478 g/mol. The molecule has 0 bridgehead atoms. The van der Waals surface area contributed by atoms with E-state index in [4.69, 9.17) is 19.9 Å². The van der Waals surface area contributed by atoms with Gasteiger partial charge in [0.25, 0.3) is 0 Å². The molecule has 1 saturated carbocycles. The Morgan fingerprint density at radius 1 is 0.889 bits per heavy atom. The highest BCUT2D eigenvalue weighted by Gasteiger charge is 2.19. The van der Waals surface area contributed by atoms with Crippen LogP contribution in [0.25, 0.3) is 0 Å². The van der Waals surface area contributed by atoms with Crippen molar-refractivity contribution in [2.24, 2.45) is 11.7 Å². The molecule has 6 nitrogen and oxygen atoms in total. The molecule has 2 aromatic rings. The number of nitrogens with two attached hydrogens (primary N) is 1. The molecule has 0 aliphatic heterocycles. The second-order valence-corrected chi connectivity index (χ2v) is 9.27. The van der Waals surface area contributed by atoms with Gasteiger partial charge >= 0.3 is 0 Å². The Balaban J connectivity index is 0.000000328. The monoisotopic (exact) mass is 521 g/mol. The van der Waals surface area contributed by atoms with Gasteiger partial charge in [-0.15, -0.1) is 0 Å². The summed E-state index contributed by atoms with van der Waals surface area (Å²) in [5, 5.41) is 0. The van der Waals surface area contributed by atoms with Crippen molar-refractivity contribution in [3.05, 3.63) is 53.6 Å². The number of benzene rings is 2. The fourth-order valence-electron chi connectivity index (χ4n) is 4.13. The van der Waals surface area contributed by atoms with E-state index in [-0.39, 0.29) is 0 Å².